The summed E-state index contributed by atoms with van der Waals surface area (Å²) in [6.45, 7) is 7.38. The molecule has 0 amide bonds. The van der Waals surface area contributed by atoms with Gasteiger partial charge in [-0.3, -0.25) is 0 Å². The van der Waals surface area contributed by atoms with Crippen LogP contribution in [0.5, 0.6) is 5.75 Å². The SMILES string of the molecule is Cc1ccc(C#N)cc1OCc1ncnn1CC(C)C. The van der Waals surface area contributed by atoms with Crippen LogP contribution in [-0.4, -0.2) is 14.8 Å². The monoisotopic (exact) mass is 270 g/mol. The van der Waals surface area contributed by atoms with E-state index >= 15 is 0 Å². The molecule has 0 radical (unpaired) electrons. The smallest absolute Gasteiger partial charge is 0.164 e. The van der Waals surface area contributed by atoms with Crippen LogP contribution >= 0.6 is 0 Å². The van der Waals surface area contributed by atoms with Crippen LogP contribution in [0.2, 0.25) is 0 Å². The lowest BCUT2D eigenvalue weighted by molar-refractivity contribution is 0.281. The Bertz CT molecular complexity index is 625. The Morgan fingerprint density at radius 3 is 2.90 bits per heavy atom. The number of hydrogen-bond donors (Lipinski definition) is 0. The van der Waals surface area contributed by atoms with E-state index < -0.39 is 0 Å². The molecule has 5 heteroatoms. The zero-order valence-electron chi connectivity index (χ0n) is 12.0. The van der Waals surface area contributed by atoms with Crippen LogP contribution in [0.15, 0.2) is 24.5 Å². The summed E-state index contributed by atoms with van der Waals surface area (Å²) in [5.74, 6) is 2.00. The van der Waals surface area contributed by atoms with Crippen molar-refractivity contribution < 1.29 is 4.74 Å². The lowest BCUT2D eigenvalue weighted by atomic mass is 10.1. The average molecular weight is 270 g/mol. The standard InChI is InChI=1S/C15H18N4O/c1-11(2)8-19-15(17-10-18-19)9-20-14-6-13(7-16)5-4-12(14)3/h4-6,10-11H,8-9H2,1-3H3. The molecule has 0 atom stereocenters. The molecule has 0 saturated heterocycles. The Labute approximate surface area is 118 Å². The van der Waals surface area contributed by atoms with Gasteiger partial charge in [-0.25, -0.2) is 9.67 Å². The molecule has 2 aromatic rings. The highest BCUT2D eigenvalue weighted by molar-refractivity contribution is 5.41. The maximum absolute atomic E-state index is 8.92. The highest BCUT2D eigenvalue weighted by Crippen LogP contribution is 2.20. The summed E-state index contributed by atoms with van der Waals surface area (Å²) >= 11 is 0. The normalized spacial score (nSPS) is 10.6. The molecule has 20 heavy (non-hydrogen) atoms. The van der Waals surface area contributed by atoms with Crippen molar-refractivity contribution in [2.24, 2.45) is 5.92 Å². The van der Waals surface area contributed by atoms with Crippen molar-refractivity contribution in [2.75, 3.05) is 0 Å². The van der Waals surface area contributed by atoms with Crippen LogP contribution in [0, 0.1) is 24.2 Å². The van der Waals surface area contributed by atoms with E-state index in [9.17, 15) is 0 Å². The largest absolute Gasteiger partial charge is 0.485 e. The molecular formula is C15H18N4O. The predicted octanol–water partition coefficient (Wildman–Crippen LogP) is 2.69. The molecule has 1 aromatic heterocycles. The summed E-state index contributed by atoms with van der Waals surface area (Å²) < 4.78 is 7.63. The van der Waals surface area contributed by atoms with Crippen molar-refractivity contribution in [1.82, 2.24) is 14.8 Å². The van der Waals surface area contributed by atoms with E-state index in [0.29, 0.717) is 23.8 Å². The van der Waals surface area contributed by atoms with Gasteiger partial charge in [0.05, 0.1) is 11.6 Å². The lowest BCUT2D eigenvalue weighted by Crippen LogP contribution is -2.12. The van der Waals surface area contributed by atoms with E-state index in [1.54, 1.807) is 18.5 Å². The molecule has 0 unspecified atom stereocenters. The van der Waals surface area contributed by atoms with Gasteiger partial charge in [0, 0.05) is 6.54 Å². The van der Waals surface area contributed by atoms with Gasteiger partial charge in [-0.15, -0.1) is 0 Å². The number of ether oxygens (including phenoxy) is 1. The summed E-state index contributed by atoms with van der Waals surface area (Å²) in [6.07, 6.45) is 1.54. The molecular weight excluding hydrogens is 252 g/mol. The van der Waals surface area contributed by atoms with E-state index in [-0.39, 0.29) is 0 Å². The topological polar surface area (TPSA) is 63.7 Å². The number of nitriles is 1. The van der Waals surface area contributed by atoms with Gasteiger partial charge in [0.15, 0.2) is 5.82 Å². The molecule has 1 heterocycles. The van der Waals surface area contributed by atoms with Gasteiger partial charge in [-0.05, 0) is 30.5 Å². The zero-order valence-corrected chi connectivity index (χ0v) is 12.0. The Morgan fingerprint density at radius 1 is 1.40 bits per heavy atom. The van der Waals surface area contributed by atoms with E-state index in [1.807, 2.05) is 17.7 Å². The summed E-state index contributed by atoms with van der Waals surface area (Å²) in [5.41, 5.74) is 1.59. The van der Waals surface area contributed by atoms with Gasteiger partial charge < -0.3 is 4.74 Å². The van der Waals surface area contributed by atoms with E-state index in [0.717, 1.165) is 17.9 Å². The van der Waals surface area contributed by atoms with Crippen LogP contribution in [-0.2, 0) is 13.2 Å². The van der Waals surface area contributed by atoms with Crippen molar-refractivity contribution in [3.05, 3.63) is 41.5 Å². The Balaban J connectivity index is 2.09. The van der Waals surface area contributed by atoms with Crippen molar-refractivity contribution >= 4 is 0 Å². The predicted molar refractivity (Wildman–Crippen MR) is 75.1 cm³/mol. The van der Waals surface area contributed by atoms with Gasteiger partial charge in [0.2, 0.25) is 0 Å². The minimum Gasteiger partial charge on any atom is -0.485 e. The molecule has 0 saturated carbocycles. The quantitative estimate of drug-likeness (QED) is 0.838. The maximum atomic E-state index is 8.92. The third-order valence-corrected chi connectivity index (χ3v) is 2.91. The van der Waals surface area contributed by atoms with Crippen molar-refractivity contribution in [3.8, 4) is 11.8 Å². The van der Waals surface area contributed by atoms with Gasteiger partial charge in [0.25, 0.3) is 0 Å². The zero-order chi connectivity index (χ0) is 14.5. The van der Waals surface area contributed by atoms with Crippen molar-refractivity contribution in [2.45, 2.75) is 33.9 Å². The van der Waals surface area contributed by atoms with Gasteiger partial charge in [0.1, 0.15) is 18.7 Å². The number of benzene rings is 1. The molecule has 0 spiro atoms. The summed E-state index contributed by atoms with van der Waals surface area (Å²) in [4.78, 5) is 4.22. The molecule has 5 nitrogen and oxygen atoms in total. The molecule has 0 N–H and O–H groups in total. The average Bonchev–Trinajstić information content (AvgIpc) is 2.84. The fraction of sp³-hybridized carbons (Fsp3) is 0.400. The van der Waals surface area contributed by atoms with Gasteiger partial charge in [-0.1, -0.05) is 19.9 Å². The minimum absolute atomic E-state index is 0.350. The highest BCUT2D eigenvalue weighted by Gasteiger charge is 2.08. The fourth-order valence-electron chi connectivity index (χ4n) is 1.87. The van der Waals surface area contributed by atoms with Crippen LogP contribution in [0.3, 0.4) is 0 Å². The molecule has 0 bridgehead atoms. The Morgan fingerprint density at radius 2 is 2.20 bits per heavy atom. The first-order valence-electron chi connectivity index (χ1n) is 6.60. The van der Waals surface area contributed by atoms with Crippen molar-refractivity contribution in [3.63, 3.8) is 0 Å². The van der Waals surface area contributed by atoms with Crippen LogP contribution < -0.4 is 4.74 Å². The Kier molecular flexibility index (Phi) is 4.36. The molecule has 0 aliphatic carbocycles. The molecule has 104 valence electrons. The molecule has 2 rings (SSSR count). The maximum Gasteiger partial charge on any atom is 0.164 e. The summed E-state index contributed by atoms with van der Waals surface area (Å²) in [7, 11) is 0. The molecule has 0 fully saturated rings. The second-order valence-electron chi connectivity index (χ2n) is 5.13. The molecule has 1 aromatic carbocycles. The summed E-state index contributed by atoms with van der Waals surface area (Å²) in [6, 6.07) is 7.52. The second kappa shape index (κ2) is 6.20. The first-order chi connectivity index (χ1) is 9.60. The van der Waals surface area contributed by atoms with Crippen molar-refractivity contribution in [1.29, 1.82) is 5.26 Å². The van der Waals surface area contributed by atoms with Crippen LogP contribution in [0.1, 0.15) is 30.8 Å². The van der Waals surface area contributed by atoms with E-state index in [2.05, 4.69) is 30.0 Å². The van der Waals surface area contributed by atoms with Crippen LogP contribution in [0.25, 0.3) is 0 Å². The third kappa shape index (κ3) is 3.35. The van der Waals surface area contributed by atoms with Gasteiger partial charge in [-0.2, -0.15) is 10.4 Å². The fourth-order valence-corrected chi connectivity index (χ4v) is 1.87. The first kappa shape index (κ1) is 14.1. The van der Waals surface area contributed by atoms with Crippen LogP contribution in [0.4, 0.5) is 0 Å². The minimum atomic E-state index is 0.350. The summed E-state index contributed by atoms with van der Waals surface area (Å²) in [5, 5.41) is 13.1. The lowest BCUT2D eigenvalue weighted by Gasteiger charge is -2.11. The highest BCUT2D eigenvalue weighted by atomic mass is 16.5. The number of hydrogen-bond acceptors (Lipinski definition) is 4. The number of nitrogens with zero attached hydrogens (tertiary/aromatic N) is 4. The second-order valence-corrected chi connectivity index (χ2v) is 5.13. The molecule has 0 aliphatic heterocycles. The first-order valence-corrected chi connectivity index (χ1v) is 6.60. The third-order valence-electron chi connectivity index (χ3n) is 2.91. The molecule has 0 aliphatic rings. The number of rotatable bonds is 5. The van der Waals surface area contributed by atoms with E-state index in [1.165, 1.54) is 0 Å². The Hall–Kier alpha value is -2.35. The van der Waals surface area contributed by atoms with E-state index in [4.69, 9.17) is 10.00 Å². The number of aromatic nitrogens is 3. The van der Waals surface area contributed by atoms with Gasteiger partial charge >= 0.3 is 0 Å². The number of aryl methyl sites for hydroxylation is 1.